The number of hydrogen-bond acceptors (Lipinski definition) is 10. The van der Waals surface area contributed by atoms with Crippen molar-refractivity contribution in [3.05, 3.63) is 69.8 Å². The number of aryl methyl sites for hydroxylation is 4. The summed E-state index contributed by atoms with van der Waals surface area (Å²) in [5, 5.41) is 50.2. The first-order valence-corrected chi connectivity index (χ1v) is 25.0. The van der Waals surface area contributed by atoms with Gasteiger partial charge in [0.2, 0.25) is 0 Å². The highest BCUT2D eigenvalue weighted by Gasteiger charge is 2.28. The van der Waals surface area contributed by atoms with Gasteiger partial charge in [-0.05, 0) is 113 Å². The zero-order chi connectivity index (χ0) is 48.5. The molecule has 0 amide bonds. The second-order valence-corrected chi connectivity index (χ2v) is 18.3. The first kappa shape index (κ1) is 54.1. The van der Waals surface area contributed by atoms with Crippen LogP contribution in [-0.2, 0) is 15.9 Å². The maximum atomic E-state index is 11.8. The van der Waals surface area contributed by atoms with Gasteiger partial charge in [0.1, 0.15) is 0 Å². The summed E-state index contributed by atoms with van der Waals surface area (Å²) < 4.78 is 11.0. The van der Waals surface area contributed by atoms with Crippen molar-refractivity contribution in [1.29, 1.82) is 0 Å². The highest BCUT2D eigenvalue weighted by molar-refractivity contribution is 6.12. The van der Waals surface area contributed by atoms with Crippen LogP contribution in [0.2, 0.25) is 0 Å². The molecular weight excluding hydrogens is 825 g/mol. The third-order valence-electron chi connectivity index (χ3n) is 12.8. The smallest absolute Gasteiger partial charge is 0.167 e. The molecule has 0 atom stereocenters. The molecule has 1 aliphatic carbocycles. The molecular formula is C56H84N4O6. The van der Waals surface area contributed by atoms with Crippen molar-refractivity contribution >= 4 is 34.0 Å². The molecule has 1 saturated carbocycles. The first-order chi connectivity index (χ1) is 31.9. The Hall–Kier alpha value is -4.48. The molecule has 2 heterocycles. The normalized spacial score (nSPS) is 15.6. The van der Waals surface area contributed by atoms with Gasteiger partial charge in [-0.25, -0.2) is 0 Å². The van der Waals surface area contributed by atoms with Crippen molar-refractivity contribution in [1.82, 2.24) is 9.80 Å². The van der Waals surface area contributed by atoms with Crippen LogP contribution in [0.25, 0.3) is 32.7 Å². The maximum Gasteiger partial charge on any atom is 0.167 e. The molecule has 7 rings (SSSR count). The fourth-order valence-corrected chi connectivity index (χ4v) is 9.44. The van der Waals surface area contributed by atoms with Gasteiger partial charge in [-0.1, -0.05) is 86.3 Å². The standard InChI is InChI=1S/C49H68N4O6.C3H6.C2H6.C2H4/c1-9-10-13-35-27-37-41(31(4)5)49(57)47(55)39(29-51-15-12-17-53-20-24-59-25-21-53)45(37)34(8)43(35)42-32(6)26-36-40(30(2)3)48(56)46(54)38(44(36)33(42)7)28-50-14-11-16-52-18-22-58-23-19-52;1-2-3-1;2*1-2/h26-31,54-57H,9-25H2,1-8H3;1-3H2;1-2H3;1-2H2. The maximum absolute atomic E-state index is 11.8. The van der Waals surface area contributed by atoms with E-state index in [0.29, 0.717) is 24.2 Å². The molecule has 0 spiro atoms. The van der Waals surface area contributed by atoms with Gasteiger partial charge < -0.3 is 29.9 Å². The molecule has 0 radical (unpaired) electrons. The summed E-state index contributed by atoms with van der Waals surface area (Å²) in [6.07, 6.45) is 12.6. The lowest BCUT2D eigenvalue weighted by atomic mass is 9.79. The van der Waals surface area contributed by atoms with Crippen molar-refractivity contribution in [2.24, 2.45) is 9.98 Å². The van der Waals surface area contributed by atoms with Crippen molar-refractivity contribution in [2.45, 2.75) is 132 Å². The Labute approximate surface area is 397 Å². The number of ether oxygens (including phenoxy) is 2. The lowest BCUT2D eigenvalue weighted by Gasteiger charge is -2.26. The Kier molecular flexibility index (Phi) is 21.9. The van der Waals surface area contributed by atoms with E-state index in [1.54, 1.807) is 12.4 Å². The minimum atomic E-state index is -0.147. The predicted octanol–water partition coefficient (Wildman–Crippen LogP) is 12.3. The molecule has 0 bridgehead atoms. The van der Waals surface area contributed by atoms with Gasteiger partial charge in [-0.2, -0.15) is 0 Å². The van der Waals surface area contributed by atoms with Crippen molar-refractivity contribution in [3.8, 4) is 34.1 Å². The number of unbranched alkanes of at least 4 members (excludes halogenated alkanes) is 1. The Morgan fingerprint density at radius 3 is 1.42 bits per heavy atom. The Balaban J connectivity index is 0.00000127. The van der Waals surface area contributed by atoms with E-state index in [1.165, 1.54) is 24.8 Å². The largest absolute Gasteiger partial charge is 0.504 e. The van der Waals surface area contributed by atoms with Crippen molar-refractivity contribution < 1.29 is 29.9 Å². The molecule has 10 heteroatoms. The highest BCUT2D eigenvalue weighted by Crippen LogP contribution is 2.50. The molecule has 10 nitrogen and oxygen atoms in total. The number of phenols is 4. The number of phenolic OH excluding ortho intramolecular Hbond substituents is 4. The molecule has 0 unspecified atom stereocenters. The second kappa shape index (κ2) is 26.8. The fourth-order valence-electron chi connectivity index (χ4n) is 9.44. The second-order valence-electron chi connectivity index (χ2n) is 18.3. The highest BCUT2D eigenvalue weighted by atomic mass is 16.5. The third kappa shape index (κ3) is 13.1. The number of nitrogens with zero attached hydrogens (tertiary/aromatic N) is 4. The Morgan fingerprint density at radius 2 is 1.03 bits per heavy atom. The fraction of sp³-hybridized carbons (Fsp3) is 0.571. The number of aliphatic imine (C=N–C) groups is 2. The molecule has 66 heavy (non-hydrogen) atoms. The molecule has 4 aromatic rings. The van der Waals surface area contributed by atoms with Crippen LogP contribution in [0.5, 0.6) is 23.0 Å². The van der Waals surface area contributed by atoms with Crippen LogP contribution in [0.4, 0.5) is 0 Å². The van der Waals surface area contributed by atoms with E-state index >= 15 is 0 Å². The molecule has 3 aliphatic rings. The van der Waals surface area contributed by atoms with Crippen LogP contribution in [0.1, 0.15) is 150 Å². The first-order valence-electron chi connectivity index (χ1n) is 25.0. The summed E-state index contributed by atoms with van der Waals surface area (Å²) in [5.41, 5.74) is 8.90. The summed E-state index contributed by atoms with van der Waals surface area (Å²) in [6.45, 7) is 36.6. The zero-order valence-electron chi connectivity index (χ0n) is 42.4. The third-order valence-corrected chi connectivity index (χ3v) is 12.8. The van der Waals surface area contributed by atoms with Crippen LogP contribution in [0.15, 0.2) is 35.3 Å². The van der Waals surface area contributed by atoms with E-state index in [1.807, 2.05) is 27.7 Å². The van der Waals surface area contributed by atoms with Crippen LogP contribution in [-0.4, -0.2) is 121 Å². The lowest BCUT2D eigenvalue weighted by molar-refractivity contribution is 0.0377. The van der Waals surface area contributed by atoms with Crippen molar-refractivity contribution in [3.63, 3.8) is 0 Å². The molecule has 4 aromatic carbocycles. The monoisotopic (exact) mass is 909 g/mol. The SMILES string of the molecule is C1CC1.C=C.CC.CCCCc1cc2c(C(C)C)c(O)c(O)c(C=NCCCN3CCOCC3)c2c(C)c1-c1c(C)cc2c(C(C)C)c(O)c(O)c(C=NCCCN3CCOCC3)c2c1C. The Bertz CT molecular complexity index is 2250. The van der Waals surface area contributed by atoms with E-state index in [9.17, 15) is 20.4 Å². The number of aromatic hydroxyl groups is 4. The quantitative estimate of drug-likeness (QED) is 0.0378. The van der Waals surface area contributed by atoms with Gasteiger partial charge >= 0.3 is 0 Å². The van der Waals surface area contributed by atoms with Gasteiger partial charge in [0.15, 0.2) is 23.0 Å². The summed E-state index contributed by atoms with van der Waals surface area (Å²) in [7, 11) is 0. The van der Waals surface area contributed by atoms with Crippen LogP contribution in [0, 0.1) is 20.8 Å². The summed E-state index contributed by atoms with van der Waals surface area (Å²) >= 11 is 0. The van der Waals surface area contributed by atoms with Crippen LogP contribution in [0.3, 0.4) is 0 Å². The molecule has 3 fully saturated rings. The van der Waals surface area contributed by atoms with Crippen LogP contribution >= 0.6 is 0 Å². The number of hydrogen-bond donors (Lipinski definition) is 4. The van der Waals surface area contributed by atoms with E-state index in [-0.39, 0.29) is 34.8 Å². The molecule has 2 saturated heterocycles. The van der Waals surface area contributed by atoms with E-state index in [0.717, 1.165) is 158 Å². The van der Waals surface area contributed by atoms with E-state index in [4.69, 9.17) is 19.5 Å². The van der Waals surface area contributed by atoms with Gasteiger partial charge in [0.05, 0.1) is 26.4 Å². The molecule has 0 aromatic heterocycles. The average molecular weight is 909 g/mol. The van der Waals surface area contributed by atoms with Gasteiger partial charge in [0, 0.05) is 87.0 Å². The van der Waals surface area contributed by atoms with Gasteiger partial charge in [-0.3, -0.25) is 19.8 Å². The molecule has 2 aliphatic heterocycles. The van der Waals surface area contributed by atoms with Crippen LogP contribution < -0.4 is 0 Å². The summed E-state index contributed by atoms with van der Waals surface area (Å²) in [6, 6.07) is 4.41. The minimum absolute atomic E-state index is 0.0443. The molecule has 4 N–H and O–H groups in total. The minimum Gasteiger partial charge on any atom is -0.504 e. The number of benzene rings is 4. The topological polar surface area (TPSA) is 131 Å². The number of rotatable bonds is 16. The van der Waals surface area contributed by atoms with E-state index in [2.05, 4.69) is 76.6 Å². The summed E-state index contributed by atoms with van der Waals surface area (Å²) in [4.78, 5) is 14.5. The van der Waals surface area contributed by atoms with Gasteiger partial charge in [-0.15, -0.1) is 13.2 Å². The number of morpholine rings is 2. The van der Waals surface area contributed by atoms with E-state index < -0.39 is 0 Å². The number of fused-ring (bicyclic) bond motifs is 2. The Morgan fingerprint density at radius 1 is 0.621 bits per heavy atom. The summed E-state index contributed by atoms with van der Waals surface area (Å²) in [5.74, 6) is -0.557. The predicted molar refractivity (Wildman–Crippen MR) is 280 cm³/mol. The van der Waals surface area contributed by atoms with Gasteiger partial charge in [0.25, 0.3) is 0 Å². The van der Waals surface area contributed by atoms with Crippen molar-refractivity contribution in [2.75, 3.05) is 78.8 Å². The average Bonchev–Trinajstić information content (AvgIpc) is 4.21. The lowest BCUT2D eigenvalue weighted by Crippen LogP contribution is -2.37. The zero-order valence-corrected chi connectivity index (χ0v) is 42.4. The molecule has 364 valence electrons.